The van der Waals surface area contributed by atoms with Gasteiger partial charge in [-0.15, -0.1) is 0 Å². The van der Waals surface area contributed by atoms with Gasteiger partial charge in [-0.1, -0.05) is 109 Å². The van der Waals surface area contributed by atoms with Gasteiger partial charge < -0.3 is 14.7 Å². The molecule has 0 bridgehead atoms. The van der Waals surface area contributed by atoms with Crippen LogP contribution in [0.3, 0.4) is 0 Å². The van der Waals surface area contributed by atoms with Crippen molar-refractivity contribution < 1.29 is 29.0 Å². The van der Waals surface area contributed by atoms with E-state index in [1.807, 2.05) is 140 Å². The molecule has 6 unspecified atom stereocenters. The fourth-order valence-corrected chi connectivity index (χ4v) is 10.7. The van der Waals surface area contributed by atoms with Gasteiger partial charge in [0.2, 0.25) is 11.8 Å². The Hall–Kier alpha value is -7.72. The lowest BCUT2D eigenvalue weighted by Crippen LogP contribution is -2.58. The third-order valence-electron chi connectivity index (χ3n) is 13.7. The number of ether oxygens (including phenoxy) is 1. The molecule has 2 amide bonds. The van der Waals surface area contributed by atoms with Crippen LogP contribution in [0.5, 0.6) is 11.5 Å². The van der Waals surface area contributed by atoms with Crippen molar-refractivity contribution in [3.63, 3.8) is 0 Å². The molecule has 3 aliphatic carbocycles. The van der Waals surface area contributed by atoms with E-state index in [0.29, 0.717) is 45.1 Å². The van der Waals surface area contributed by atoms with E-state index in [-0.39, 0.29) is 48.6 Å². The monoisotopic (exact) mass is 858 g/mol. The normalized spacial score (nSPS) is 23.7. The number of phenols is 1. The number of hydrogen-bond donors (Lipinski definition) is 1. The summed E-state index contributed by atoms with van der Waals surface area (Å²) in [5, 5.41) is 20.9. The van der Waals surface area contributed by atoms with Gasteiger partial charge in [-0.25, -0.2) is 0 Å². The van der Waals surface area contributed by atoms with Crippen molar-refractivity contribution in [1.82, 2.24) is 0 Å². The van der Waals surface area contributed by atoms with E-state index < -0.39 is 35.0 Å². The summed E-state index contributed by atoms with van der Waals surface area (Å²) in [6.45, 7) is 0.278. The highest BCUT2D eigenvalue weighted by Crippen LogP contribution is 2.64. The number of benzene rings is 6. The number of fused-ring (bicyclic) bond motifs is 4. The highest BCUT2D eigenvalue weighted by molar-refractivity contribution is 6.32. The molecule has 65 heavy (non-hydrogen) atoms. The molecule has 1 saturated carbocycles. The van der Waals surface area contributed by atoms with Crippen LogP contribution in [-0.2, 0) is 31.2 Å². The van der Waals surface area contributed by atoms with Gasteiger partial charge in [-0.2, -0.15) is 10.2 Å². The van der Waals surface area contributed by atoms with Gasteiger partial charge in [0.05, 0.1) is 34.3 Å². The zero-order valence-corrected chi connectivity index (χ0v) is 36.0. The van der Waals surface area contributed by atoms with Crippen LogP contribution in [0.2, 0.25) is 0 Å². The summed E-state index contributed by atoms with van der Waals surface area (Å²) < 4.78 is 6.12. The van der Waals surface area contributed by atoms with Gasteiger partial charge in [0.25, 0.3) is 0 Å². The second-order valence-electron chi connectivity index (χ2n) is 17.4. The number of amides is 2. The largest absolute Gasteiger partial charge is 0.508 e. The molecule has 6 aromatic rings. The number of carbonyl (C=O) groups excluding carboxylic acids is 4. The van der Waals surface area contributed by atoms with Gasteiger partial charge in [0, 0.05) is 48.8 Å². The summed E-state index contributed by atoms with van der Waals surface area (Å²) in [5.74, 6) is -4.76. The van der Waals surface area contributed by atoms with Gasteiger partial charge in [0.1, 0.15) is 18.1 Å². The Kier molecular flexibility index (Phi) is 10.7. The molecule has 6 atom stereocenters. The minimum absolute atomic E-state index is 0.102. The van der Waals surface area contributed by atoms with E-state index in [4.69, 9.17) is 4.74 Å². The molecular weight excluding hydrogens is 813 g/mol. The average molecular weight is 859 g/mol. The van der Waals surface area contributed by atoms with E-state index in [2.05, 4.69) is 10.2 Å². The first-order valence-electron chi connectivity index (χ1n) is 21.9. The van der Waals surface area contributed by atoms with Crippen LogP contribution in [-0.4, -0.2) is 42.6 Å². The zero-order valence-electron chi connectivity index (χ0n) is 36.0. The maximum atomic E-state index is 15.4. The standard InChI is InChI=1S/C55H46N4O6/c1-58(2)39-22-18-37(19-23-39)56-57-38-20-24-40(25-21-38)59-53(63)44-29-28-42-46(50(44)54(59)64)31-47-52(62)45(35-14-8-4-9-15-35)32-49(61)55(47,36-16-10-5-11-17-36)51(42)43-27-26-41(30-48(43)60)65-33-34-12-6-3-7-13-34/h3-28,30,32,44,46-47,50-51,60H,29,31,33H2,1-2H3. The number of nitrogens with zero attached hydrogens (tertiary/aromatic N) is 4. The van der Waals surface area contributed by atoms with Crippen molar-refractivity contribution in [2.24, 2.45) is 33.9 Å². The number of phenolic OH excluding ortho intramolecular Hbond substituents is 1. The van der Waals surface area contributed by atoms with Crippen LogP contribution in [0.4, 0.5) is 22.7 Å². The lowest BCUT2D eigenvalue weighted by molar-refractivity contribution is -0.135. The molecule has 6 aromatic carbocycles. The van der Waals surface area contributed by atoms with E-state index >= 15 is 9.59 Å². The lowest BCUT2D eigenvalue weighted by Gasteiger charge is -2.55. The number of ketones is 2. The molecule has 1 aliphatic heterocycles. The van der Waals surface area contributed by atoms with Crippen LogP contribution in [0, 0.1) is 23.7 Å². The Morgan fingerprint density at radius 1 is 0.723 bits per heavy atom. The third-order valence-corrected chi connectivity index (χ3v) is 13.7. The number of aromatic hydroxyl groups is 1. The topological polar surface area (TPSA) is 129 Å². The van der Waals surface area contributed by atoms with E-state index in [0.717, 1.165) is 16.8 Å². The van der Waals surface area contributed by atoms with Crippen LogP contribution >= 0.6 is 0 Å². The van der Waals surface area contributed by atoms with Gasteiger partial charge in [-0.3, -0.25) is 24.1 Å². The smallest absolute Gasteiger partial charge is 0.238 e. The predicted octanol–water partition coefficient (Wildman–Crippen LogP) is 10.5. The molecule has 0 aromatic heterocycles. The van der Waals surface area contributed by atoms with E-state index in [1.54, 1.807) is 42.5 Å². The quantitative estimate of drug-likeness (QED) is 0.0825. The first kappa shape index (κ1) is 41.3. The van der Waals surface area contributed by atoms with E-state index in [9.17, 15) is 14.7 Å². The SMILES string of the molecule is CN(C)c1ccc(N=Nc2ccc(N3C(=O)C4CC=C5C(CC6C(=O)C(c7ccccc7)=CC(=O)C6(c6ccccc6)C5c5ccc(OCc6ccccc6)cc5O)C4C3=O)cc2)cc1. The number of imide groups is 1. The number of Topliss-reactive ketones (excluding diaryl/α,β-unsaturated/α-hetero) is 1. The van der Waals surface area contributed by atoms with Gasteiger partial charge >= 0.3 is 0 Å². The van der Waals surface area contributed by atoms with Crippen molar-refractivity contribution in [3.05, 3.63) is 198 Å². The van der Waals surface area contributed by atoms with Crippen LogP contribution < -0.4 is 14.5 Å². The minimum atomic E-state index is -1.49. The Bertz CT molecular complexity index is 2910. The fourth-order valence-electron chi connectivity index (χ4n) is 10.7. The summed E-state index contributed by atoms with van der Waals surface area (Å²) in [6.07, 6.45) is 3.86. The summed E-state index contributed by atoms with van der Waals surface area (Å²) in [4.78, 5) is 63.5. The first-order chi connectivity index (χ1) is 31.6. The molecule has 10 rings (SSSR count). The number of carbonyl (C=O) groups is 4. The lowest BCUT2D eigenvalue weighted by atomic mass is 9.44. The van der Waals surface area contributed by atoms with Crippen molar-refractivity contribution >= 4 is 51.7 Å². The number of azo groups is 1. The molecule has 1 saturated heterocycles. The maximum Gasteiger partial charge on any atom is 0.238 e. The Labute approximate surface area is 377 Å². The molecule has 10 nitrogen and oxygen atoms in total. The van der Waals surface area contributed by atoms with Crippen molar-refractivity contribution in [1.29, 1.82) is 0 Å². The molecule has 1 N–H and O–H groups in total. The Balaban J connectivity index is 1.04. The third kappa shape index (κ3) is 7.15. The number of hydrogen-bond acceptors (Lipinski definition) is 9. The van der Waals surface area contributed by atoms with Crippen molar-refractivity contribution in [2.45, 2.75) is 30.8 Å². The van der Waals surface area contributed by atoms with E-state index in [1.165, 1.54) is 11.0 Å². The maximum absolute atomic E-state index is 15.4. The second kappa shape index (κ2) is 16.8. The van der Waals surface area contributed by atoms with Crippen LogP contribution in [0.15, 0.2) is 186 Å². The molecule has 4 aliphatic rings. The summed E-state index contributed by atoms with van der Waals surface area (Å²) in [7, 11) is 3.93. The molecule has 10 heteroatoms. The van der Waals surface area contributed by atoms with Crippen LogP contribution in [0.25, 0.3) is 5.57 Å². The highest BCUT2D eigenvalue weighted by Gasteiger charge is 2.66. The molecule has 0 spiro atoms. The minimum Gasteiger partial charge on any atom is -0.508 e. The number of anilines is 2. The van der Waals surface area contributed by atoms with Gasteiger partial charge in [0.15, 0.2) is 11.6 Å². The average Bonchev–Trinajstić information content (AvgIpc) is 3.60. The molecule has 1 heterocycles. The summed E-state index contributed by atoms with van der Waals surface area (Å²) >= 11 is 0. The first-order valence-corrected chi connectivity index (χ1v) is 21.9. The van der Waals surface area contributed by atoms with Crippen molar-refractivity contribution in [3.8, 4) is 11.5 Å². The van der Waals surface area contributed by atoms with Gasteiger partial charge in [-0.05, 0) is 96.1 Å². The molecule has 0 radical (unpaired) electrons. The Morgan fingerprint density at radius 2 is 1.35 bits per heavy atom. The number of rotatable bonds is 10. The second-order valence-corrected chi connectivity index (χ2v) is 17.4. The molecule has 2 fully saturated rings. The zero-order chi connectivity index (χ0) is 44.8. The molecule has 322 valence electrons. The van der Waals surface area contributed by atoms with Crippen molar-refractivity contribution in [2.75, 3.05) is 23.9 Å². The molecular formula is C55H46N4O6. The predicted molar refractivity (Wildman–Crippen MR) is 249 cm³/mol. The summed E-state index contributed by atoms with van der Waals surface area (Å²) in [5.41, 5.74) is 4.93. The highest BCUT2D eigenvalue weighted by atomic mass is 16.5. The Morgan fingerprint density at radius 3 is 2.00 bits per heavy atom. The summed E-state index contributed by atoms with van der Waals surface area (Å²) in [6, 6.07) is 47.9. The number of allylic oxidation sites excluding steroid dienone is 4. The fraction of sp³-hybridized carbons (Fsp3) is 0.200. The van der Waals surface area contributed by atoms with Crippen LogP contribution in [0.1, 0.15) is 41.0 Å².